The molecule has 104 valence electrons. The fraction of sp³-hybridized carbons (Fsp3) is 0.769. The minimum absolute atomic E-state index is 0.291. The molecule has 1 aromatic heterocycles. The molecule has 0 saturated heterocycles. The summed E-state index contributed by atoms with van der Waals surface area (Å²) in [4.78, 5) is 0. The van der Waals surface area contributed by atoms with Gasteiger partial charge in [-0.05, 0) is 18.2 Å². The van der Waals surface area contributed by atoms with Gasteiger partial charge in [-0.2, -0.15) is 16.9 Å². The Morgan fingerprint density at radius 2 is 2.22 bits per heavy atom. The number of thioether (sulfide) groups is 1. The molecule has 1 rings (SSSR count). The third-order valence-corrected chi connectivity index (χ3v) is 3.93. The Morgan fingerprint density at radius 1 is 1.50 bits per heavy atom. The average Bonchev–Trinajstić information content (AvgIpc) is 2.71. The third kappa shape index (κ3) is 4.21. The minimum Gasteiger partial charge on any atom is -0.493 e. The lowest BCUT2D eigenvalue weighted by Crippen LogP contribution is -2.27. The number of rotatable bonds is 8. The van der Waals surface area contributed by atoms with E-state index in [0.717, 1.165) is 30.2 Å². The summed E-state index contributed by atoms with van der Waals surface area (Å²) in [6.45, 7) is 7.64. The van der Waals surface area contributed by atoms with Crippen molar-refractivity contribution in [3.05, 3.63) is 11.9 Å². The van der Waals surface area contributed by atoms with Crippen molar-refractivity contribution < 1.29 is 4.74 Å². The van der Waals surface area contributed by atoms with Crippen molar-refractivity contribution in [3.63, 3.8) is 0 Å². The maximum absolute atomic E-state index is 5.40. The molecule has 0 aliphatic heterocycles. The molecule has 4 nitrogen and oxygen atoms in total. The number of aryl methyl sites for hydroxylation is 1. The Labute approximate surface area is 114 Å². The third-order valence-electron chi connectivity index (χ3n) is 2.74. The molecule has 0 bridgehead atoms. The molecule has 0 saturated carbocycles. The van der Waals surface area contributed by atoms with Gasteiger partial charge in [0.1, 0.15) is 0 Å². The molecule has 1 atom stereocenters. The predicted molar refractivity (Wildman–Crippen MR) is 78.4 cm³/mol. The summed E-state index contributed by atoms with van der Waals surface area (Å²) >= 11 is 1.96. The maximum Gasteiger partial charge on any atom is 0.161 e. The van der Waals surface area contributed by atoms with Gasteiger partial charge in [0.15, 0.2) is 5.75 Å². The SMILES string of the molecule is CCCNC(CSC(C)C)c1c(OC)cnn1C. The summed E-state index contributed by atoms with van der Waals surface area (Å²) in [7, 11) is 3.67. The second-order valence-electron chi connectivity index (χ2n) is 4.61. The van der Waals surface area contributed by atoms with Crippen molar-refractivity contribution >= 4 is 11.8 Å². The van der Waals surface area contributed by atoms with Gasteiger partial charge in [-0.25, -0.2) is 0 Å². The highest BCUT2D eigenvalue weighted by molar-refractivity contribution is 7.99. The molecule has 0 radical (unpaired) electrons. The normalized spacial score (nSPS) is 13.0. The van der Waals surface area contributed by atoms with E-state index in [9.17, 15) is 0 Å². The van der Waals surface area contributed by atoms with Gasteiger partial charge in [-0.15, -0.1) is 0 Å². The molecule has 0 aliphatic rings. The van der Waals surface area contributed by atoms with Crippen LogP contribution in [0.4, 0.5) is 0 Å². The first-order valence-electron chi connectivity index (χ1n) is 6.51. The highest BCUT2D eigenvalue weighted by Gasteiger charge is 2.20. The number of aromatic nitrogens is 2. The molecular formula is C13H25N3OS. The summed E-state index contributed by atoms with van der Waals surface area (Å²) in [6, 6.07) is 0.291. The van der Waals surface area contributed by atoms with Crippen molar-refractivity contribution in [2.24, 2.45) is 7.05 Å². The van der Waals surface area contributed by atoms with Crippen LogP contribution < -0.4 is 10.1 Å². The van der Waals surface area contributed by atoms with Gasteiger partial charge in [-0.1, -0.05) is 20.8 Å². The lowest BCUT2D eigenvalue weighted by Gasteiger charge is -2.20. The smallest absolute Gasteiger partial charge is 0.161 e. The van der Waals surface area contributed by atoms with Crippen LogP contribution in [0.1, 0.15) is 38.9 Å². The average molecular weight is 271 g/mol. The van der Waals surface area contributed by atoms with E-state index >= 15 is 0 Å². The number of hydrogen-bond acceptors (Lipinski definition) is 4. The Kier molecular flexibility index (Phi) is 6.57. The highest BCUT2D eigenvalue weighted by Crippen LogP contribution is 2.28. The van der Waals surface area contributed by atoms with Crippen LogP contribution >= 0.6 is 11.8 Å². The van der Waals surface area contributed by atoms with Crippen LogP contribution in [0, 0.1) is 0 Å². The molecule has 0 fully saturated rings. The minimum atomic E-state index is 0.291. The van der Waals surface area contributed by atoms with Crippen LogP contribution in [0.15, 0.2) is 6.20 Å². The summed E-state index contributed by atoms with van der Waals surface area (Å²) in [6.07, 6.45) is 2.92. The van der Waals surface area contributed by atoms with Gasteiger partial charge in [0.25, 0.3) is 0 Å². The standard InChI is InChI=1S/C13H25N3OS/c1-6-7-14-11(9-18-10(2)3)13-12(17-5)8-15-16(13)4/h8,10-11,14H,6-7,9H2,1-5H3. The number of hydrogen-bond donors (Lipinski definition) is 1. The van der Waals surface area contributed by atoms with Crippen LogP contribution in [0.25, 0.3) is 0 Å². The van der Waals surface area contributed by atoms with Crippen LogP contribution in [0.3, 0.4) is 0 Å². The van der Waals surface area contributed by atoms with E-state index in [-0.39, 0.29) is 0 Å². The Balaban J connectivity index is 2.82. The monoisotopic (exact) mass is 271 g/mol. The Hall–Kier alpha value is -0.680. The van der Waals surface area contributed by atoms with Gasteiger partial charge in [0.2, 0.25) is 0 Å². The zero-order valence-electron chi connectivity index (χ0n) is 12.1. The molecule has 0 aliphatic carbocycles. The number of ether oxygens (including phenoxy) is 1. The molecule has 18 heavy (non-hydrogen) atoms. The second-order valence-corrected chi connectivity index (χ2v) is 6.22. The second kappa shape index (κ2) is 7.69. The molecule has 0 spiro atoms. The number of nitrogens with zero attached hydrogens (tertiary/aromatic N) is 2. The summed E-state index contributed by atoms with van der Waals surface area (Å²) in [5.41, 5.74) is 1.14. The lowest BCUT2D eigenvalue weighted by atomic mass is 10.2. The predicted octanol–water partition coefficient (Wildman–Crippen LogP) is 2.61. The largest absolute Gasteiger partial charge is 0.493 e. The van der Waals surface area contributed by atoms with E-state index in [2.05, 4.69) is 31.2 Å². The van der Waals surface area contributed by atoms with E-state index in [1.54, 1.807) is 13.3 Å². The molecule has 1 unspecified atom stereocenters. The summed E-state index contributed by atoms with van der Waals surface area (Å²) in [5.74, 6) is 1.91. The van der Waals surface area contributed by atoms with Crippen molar-refractivity contribution in [2.75, 3.05) is 19.4 Å². The molecule has 1 aromatic rings. The Morgan fingerprint density at radius 3 is 2.78 bits per heavy atom. The topological polar surface area (TPSA) is 39.1 Å². The Bertz CT molecular complexity index is 352. The van der Waals surface area contributed by atoms with Gasteiger partial charge >= 0.3 is 0 Å². The molecule has 1 N–H and O–H groups in total. The zero-order chi connectivity index (χ0) is 13.5. The number of methoxy groups -OCH3 is 1. The van der Waals surface area contributed by atoms with Gasteiger partial charge in [0.05, 0.1) is 25.0 Å². The van der Waals surface area contributed by atoms with Gasteiger partial charge in [-0.3, -0.25) is 4.68 Å². The van der Waals surface area contributed by atoms with E-state index in [4.69, 9.17) is 4.74 Å². The lowest BCUT2D eigenvalue weighted by molar-refractivity contribution is 0.398. The van der Waals surface area contributed by atoms with Gasteiger partial charge < -0.3 is 10.1 Å². The first-order valence-corrected chi connectivity index (χ1v) is 7.55. The molecule has 1 heterocycles. The highest BCUT2D eigenvalue weighted by atomic mass is 32.2. The molecular weight excluding hydrogens is 246 g/mol. The quantitative estimate of drug-likeness (QED) is 0.789. The summed E-state index contributed by atoms with van der Waals surface area (Å²) in [5, 5.41) is 8.50. The van der Waals surface area contributed by atoms with Crippen LogP contribution in [0.2, 0.25) is 0 Å². The molecule has 0 amide bonds. The first kappa shape index (κ1) is 15.4. The summed E-state index contributed by atoms with van der Waals surface area (Å²) < 4.78 is 7.31. The first-order chi connectivity index (χ1) is 8.60. The molecule has 0 aromatic carbocycles. The van der Waals surface area contributed by atoms with Gasteiger partial charge in [0, 0.05) is 12.8 Å². The molecule has 5 heteroatoms. The van der Waals surface area contributed by atoms with E-state index in [1.165, 1.54) is 0 Å². The zero-order valence-corrected chi connectivity index (χ0v) is 12.9. The van der Waals surface area contributed by atoms with Crippen molar-refractivity contribution in [1.82, 2.24) is 15.1 Å². The van der Waals surface area contributed by atoms with Crippen molar-refractivity contribution in [3.8, 4) is 5.75 Å². The van der Waals surface area contributed by atoms with Crippen molar-refractivity contribution in [1.29, 1.82) is 0 Å². The fourth-order valence-electron chi connectivity index (χ4n) is 1.82. The fourth-order valence-corrected chi connectivity index (χ4v) is 2.68. The van der Waals surface area contributed by atoms with Crippen molar-refractivity contribution in [2.45, 2.75) is 38.5 Å². The maximum atomic E-state index is 5.40. The van der Waals surface area contributed by atoms with E-state index in [1.807, 2.05) is 23.5 Å². The van der Waals surface area contributed by atoms with E-state index < -0.39 is 0 Å². The number of nitrogens with one attached hydrogen (secondary N) is 1. The van der Waals surface area contributed by atoms with Crippen LogP contribution in [-0.2, 0) is 7.05 Å². The van der Waals surface area contributed by atoms with Crippen LogP contribution in [0.5, 0.6) is 5.75 Å². The van der Waals surface area contributed by atoms with Crippen LogP contribution in [-0.4, -0.2) is 34.4 Å². The van der Waals surface area contributed by atoms with E-state index in [0.29, 0.717) is 11.3 Å².